The van der Waals surface area contributed by atoms with Crippen LogP contribution >= 0.6 is 23.4 Å². The molecule has 1 saturated carbocycles. The number of anilines is 1. The highest BCUT2D eigenvalue weighted by Crippen LogP contribution is 2.42. The SMILES string of the molecule is C[C@@H]1CCCC[C@@H]1N1C(=O)/C(=C/c2c(F)cccc2Cl)SC1Nc1ccccc1. The van der Waals surface area contributed by atoms with Crippen molar-refractivity contribution in [1.82, 2.24) is 4.90 Å². The minimum atomic E-state index is -0.421. The Hall–Kier alpha value is -1.98. The second-order valence-corrected chi connectivity index (χ2v) is 9.20. The van der Waals surface area contributed by atoms with Crippen LogP contribution in [0.1, 0.15) is 38.2 Å². The summed E-state index contributed by atoms with van der Waals surface area (Å²) in [5.74, 6) is -0.0401. The first kappa shape index (κ1) is 20.3. The fraction of sp³-hybridized carbons (Fsp3) is 0.348. The van der Waals surface area contributed by atoms with Crippen molar-refractivity contribution in [3.8, 4) is 0 Å². The summed E-state index contributed by atoms with van der Waals surface area (Å²) in [6.07, 6.45) is 6.04. The average Bonchev–Trinajstić information content (AvgIpc) is 3.01. The Kier molecular flexibility index (Phi) is 6.16. The number of rotatable bonds is 4. The van der Waals surface area contributed by atoms with Crippen molar-refractivity contribution >= 4 is 41.0 Å². The summed E-state index contributed by atoms with van der Waals surface area (Å²) < 4.78 is 14.3. The minimum absolute atomic E-state index is 0.0542. The van der Waals surface area contributed by atoms with Gasteiger partial charge in [0.2, 0.25) is 0 Å². The van der Waals surface area contributed by atoms with Gasteiger partial charge in [0.1, 0.15) is 5.82 Å². The molecule has 1 aliphatic heterocycles. The molecule has 1 amide bonds. The van der Waals surface area contributed by atoms with Gasteiger partial charge in [-0.1, -0.05) is 67.4 Å². The Labute approximate surface area is 180 Å². The third kappa shape index (κ3) is 4.31. The van der Waals surface area contributed by atoms with Gasteiger partial charge in [-0.2, -0.15) is 0 Å². The molecule has 2 aromatic rings. The lowest BCUT2D eigenvalue weighted by atomic mass is 9.85. The lowest BCUT2D eigenvalue weighted by Gasteiger charge is -2.39. The fourth-order valence-electron chi connectivity index (χ4n) is 4.15. The van der Waals surface area contributed by atoms with E-state index in [1.807, 2.05) is 35.2 Å². The van der Waals surface area contributed by atoms with E-state index in [1.54, 1.807) is 18.2 Å². The monoisotopic (exact) mass is 430 g/mol. The van der Waals surface area contributed by atoms with Crippen molar-refractivity contribution < 1.29 is 9.18 Å². The summed E-state index contributed by atoms with van der Waals surface area (Å²) in [6, 6.07) is 14.6. The highest BCUT2D eigenvalue weighted by molar-refractivity contribution is 8.05. The molecule has 2 fully saturated rings. The number of carbonyl (C=O) groups is 1. The second-order valence-electron chi connectivity index (χ2n) is 7.67. The first-order valence-electron chi connectivity index (χ1n) is 10.0. The molecule has 152 valence electrons. The predicted octanol–water partition coefficient (Wildman–Crippen LogP) is 6.37. The van der Waals surface area contributed by atoms with Crippen LogP contribution in [0, 0.1) is 11.7 Å². The van der Waals surface area contributed by atoms with Crippen LogP contribution < -0.4 is 5.32 Å². The molecule has 4 rings (SSSR count). The molecule has 2 aliphatic rings. The maximum atomic E-state index is 14.3. The number of carbonyl (C=O) groups excluding carboxylic acids is 1. The van der Waals surface area contributed by atoms with Crippen molar-refractivity contribution in [2.24, 2.45) is 5.92 Å². The average molecular weight is 431 g/mol. The van der Waals surface area contributed by atoms with Gasteiger partial charge in [0.05, 0.1) is 9.93 Å². The molecule has 0 bridgehead atoms. The van der Waals surface area contributed by atoms with Gasteiger partial charge in [0.15, 0.2) is 5.50 Å². The molecule has 3 atom stereocenters. The van der Waals surface area contributed by atoms with Crippen LogP contribution in [0.5, 0.6) is 0 Å². The highest BCUT2D eigenvalue weighted by Gasteiger charge is 2.43. The van der Waals surface area contributed by atoms with Gasteiger partial charge in [0, 0.05) is 17.3 Å². The molecule has 1 saturated heterocycles. The molecule has 0 radical (unpaired) electrons. The second kappa shape index (κ2) is 8.80. The van der Waals surface area contributed by atoms with E-state index in [2.05, 4.69) is 12.2 Å². The van der Waals surface area contributed by atoms with E-state index in [9.17, 15) is 9.18 Å². The number of benzene rings is 2. The molecule has 2 aromatic carbocycles. The number of nitrogens with one attached hydrogen (secondary N) is 1. The quantitative estimate of drug-likeness (QED) is 0.572. The summed E-state index contributed by atoms with van der Waals surface area (Å²) in [5, 5.41) is 3.79. The predicted molar refractivity (Wildman–Crippen MR) is 119 cm³/mol. The fourth-order valence-corrected chi connectivity index (χ4v) is 5.56. The topological polar surface area (TPSA) is 32.3 Å². The van der Waals surface area contributed by atoms with Crippen LogP contribution in [0.4, 0.5) is 10.1 Å². The third-order valence-corrected chi connectivity index (χ3v) is 7.14. The van der Waals surface area contributed by atoms with Crippen LogP contribution in [0.3, 0.4) is 0 Å². The maximum absolute atomic E-state index is 14.3. The van der Waals surface area contributed by atoms with Crippen molar-refractivity contribution in [1.29, 1.82) is 0 Å². The largest absolute Gasteiger partial charge is 0.356 e. The smallest absolute Gasteiger partial charge is 0.262 e. The Morgan fingerprint density at radius 2 is 1.90 bits per heavy atom. The summed E-state index contributed by atoms with van der Waals surface area (Å²) in [7, 11) is 0. The van der Waals surface area contributed by atoms with Crippen molar-refractivity contribution in [2.45, 2.75) is 44.1 Å². The van der Waals surface area contributed by atoms with Gasteiger partial charge in [-0.25, -0.2) is 4.39 Å². The van der Waals surface area contributed by atoms with Crippen molar-refractivity contribution in [3.63, 3.8) is 0 Å². The molecule has 1 heterocycles. The molecular formula is C23H24ClFN2OS. The normalized spacial score (nSPS) is 26.2. The van der Waals surface area contributed by atoms with E-state index in [-0.39, 0.29) is 23.0 Å². The number of halogens is 2. The zero-order valence-corrected chi connectivity index (χ0v) is 17.8. The standard InChI is InChI=1S/C23H24ClFN2OS/c1-15-8-5-6-13-20(15)27-22(28)21(14-17-18(24)11-7-12-19(17)25)29-23(27)26-16-9-3-2-4-10-16/h2-4,7,9-12,14-15,20,23,26H,5-6,8,13H2,1H3/b21-14-/t15-,20+,23?/m1/s1. The first-order chi connectivity index (χ1) is 14.0. The lowest BCUT2D eigenvalue weighted by Crippen LogP contribution is -2.48. The minimum Gasteiger partial charge on any atom is -0.356 e. The Balaban J connectivity index is 1.68. The molecular weight excluding hydrogens is 407 g/mol. The molecule has 1 N–H and O–H groups in total. The highest BCUT2D eigenvalue weighted by atomic mass is 35.5. The summed E-state index contributed by atoms with van der Waals surface area (Å²) in [4.78, 5) is 15.9. The first-order valence-corrected chi connectivity index (χ1v) is 11.3. The van der Waals surface area contributed by atoms with Crippen LogP contribution in [0.2, 0.25) is 5.02 Å². The molecule has 6 heteroatoms. The molecule has 1 unspecified atom stereocenters. The Morgan fingerprint density at radius 1 is 1.14 bits per heavy atom. The van der Waals surface area contributed by atoms with Crippen molar-refractivity contribution in [2.75, 3.05) is 5.32 Å². The zero-order chi connectivity index (χ0) is 20.4. The van der Waals surface area contributed by atoms with Gasteiger partial charge < -0.3 is 10.2 Å². The number of hydrogen-bond donors (Lipinski definition) is 1. The van der Waals surface area contributed by atoms with Crippen LogP contribution in [-0.2, 0) is 4.79 Å². The number of amides is 1. The van der Waals surface area contributed by atoms with E-state index < -0.39 is 5.82 Å². The van der Waals surface area contributed by atoms with Gasteiger partial charge >= 0.3 is 0 Å². The van der Waals surface area contributed by atoms with E-state index in [0.717, 1.165) is 24.9 Å². The van der Waals surface area contributed by atoms with E-state index >= 15 is 0 Å². The van der Waals surface area contributed by atoms with Crippen molar-refractivity contribution in [3.05, 3.63) is 69.8 Å². The zero-order valence-electron chi connectivity index (χ0n) is 16.3. The molecule has 3 nitrogen and oxygen atoms in total. The molecule has 1 aliphatic carbocycles. The van der Waals surface area contributed by atoms with Gasteiger partial charge in [-0.15, -0.1) is 0 Å². The van der Waals surface area contributed by atoms with E-state index in [1.165, 1.54) is 24.2 Å². The van der Waals surface area contributed by atoms with Gasteiger partial charge in [-0.05, 0) is 49.1 Å². The lowest BCUT2D eigenvalue weighted by molar-refractivity contribution is -0.129. The summed E-state index contributed by atoms with van der Waals surface area (Å²) >= 11 is 7.63. The summed E-state index contributed by atoms with van der Waals surface area (Å²) in [5.41, 5.74) is 0.991. The Bertz CT molecular complexity index is 900. The number of thioether (sulfide) groups is 1. The molecule has 29 heavy (non-hydrogen) atoms. The van der Waals surface area contributed by atoms with Gasteiger partial charge in [-0.3, -0.25) is 4.79 Å². The van der Waals surface area contributed by atoms with E-state index in [0.29, 0.717) is 15.8 Å². The van der Waals surface area contributed by atoms with Gasteiger partial charge in [0.25, 0.3) is 5.91 Å². The number of nitrogens with zero attached hydrogens (tertiary/aromatic N) is 1. The summed E-state index contributed by atoms with van der Waals surface area (Å²) in [6.45, 7) is 2.22. The molecule has 0 spiro atoms. The number of hydrogen-bond acceptors (Lipinski definition) is 3. The van der Waals surface area contributed by atoms with Crippen LogP contribution in [0.25, 0.3) is 6.08 Å². The maximum Gasteiger partial charge on any atom is 0.262 e. The van der Waals surface area contributed by atoms with Crippen LogP contribution in [0.15, 0.2) is 53.4 Å². The third-order valence-electron chi connectivity index (χ3n) is 5.70. The molecule has 0 aromatic heterocycles. The number of para-hydroxylation sites is 1. The Morgan fingerprint density at radius 3 is 2.62 bits per heavy atom. The van der Waals surface area contributed by atoms with E-state index in [4.69, 9.17) is 11.6 Å². The van der Waals surface area contributed by atoms with Crippen LogP contribution in [-0.4, -0.2) is 22.3 Å².